The third kappa shape index (κ3) is 3.86. The lowest BCUT2D eigenvalue weighted by Crippen LogP contribution is -2.38. The molecule has 3 heteroatoms. The monoisotopic (exact) mass is 287 g/mol. The molecule has 2 rings (SSSR count). The second-order valence-corrected chi connectivity index (χ2v) is 6.86. The maximum Gasteiger partial charge on any atom is 0.0481 e. The smallest absolute Gasteiger partial charge is 0.0481 e. The maximum atomic E-state index is 5.91. The number of fused-ring (bicyclic) bond motifs is 1. The van der Waals surface area contributed by atoms with Gasteiger partial charge in [0.05, 0.1) is 0 Å². The van der Waals surface area contributed by atoms with Crippen molar-refractivity contribution in [1.29, 1.82) is 0 Å². The number of hydrogen-bond acceptors (Lipinski definition) is 2. The van der Waals surface area contributed by atoms with Crippen LogP contribution in [0.15, 0.2) is 30.5 Å². The molecular formula is C18H29N3. The van der Waals surface area contributed by atoms with Gasteiger partial charge in [0, 0.05) is 37.2 Å². The first-order valence-electron chi connectivity index (χ1n) is 7.92. The Bertz CT molecular complexity index is 583. The first-order chi connectivity index (χ1) is 9.96. The molecule has 0 unspecified atom stereocenters. The van der Waals surface area contributed by atoms with Crippen molar-refractivity contribution >= 4 is 10.9 Å². The summed E-state index contributed by atoms with van der Waals surface area (Å²) in [6.07, 6.45) is 3.44. The second-order valence-electron chi connectivity index (χ2n) is 6.86. The van der Waals surface area contributed by atoms with Crippen LogP contribution in [0.4, 0.5) is 0 Å². The second kappa shape index (κ2) is 6.63. The summed E-state index contributed by atoms with van der Waals surface area (Å²) < 4.78 is 2.23. The van der Waals surface area contributed by atoms with Crippen LogP contribution in [0.25, 0.3) is 10.9 Å². The summed E-state index contributed by atoms with van der Waals surface area (Å²) in [4.78, 5) is 2.54. The Morgan fingerprint density at radius 3 is 2.62 bits per heavy atom. The minimum absolute atomic E-state index is 0.166. The zero-order chi connectivity index (χ0) is 15.5. The number of aromatic nitrogens is 1. The summed E-state index contributed by atoms with van der Waals surface area (Å²) in [5.41, 5.74) is 8.79. The minimum Gasteiger partial charge on any atom is -0.350 e. The van der Waals surface area contributed by atoms with Crippen molar-refractivity contribution < 1.29 is 0 Å². The fourth-order valence-electron chi connectivity index (χ4n) is 2.99. The van der Waals surface area contributed by atoms with Crippen molar-refractivity contribution in [2.45, 2.75) is 33.7 Å². The van der Waals surface area contributed by atoms with E-state index in [1.54, 1.807) is 0 Å². The average molecular weight is 287 g/mol. The molecule has 0 fully saturated rings. The van der Waals surface area contributed by atoms with Crippen molar-refractivity contribution in [3.8, 4) is 0 Å². The molecule has 0 bridgehead atoms. The maximum absolute atomic E-state index is 5.91. The van der Waals surface area contributed by atoms with Crippen molar-refractivity contribution in [2.24, 2.45) is 18.2 Å². The quantitative estimate of drug-likeness (QED) is 0.847. The van der Waals surface area contributed by atoms with Crippen molar-refractivity contribution in [3.05, 3.63) is 36.0 Å². The Kier molecular flexibility index (Phi) is 5.07. The van der Waals surface area contributed by atoms with Gasteiger partial charge in [-0.1, -0.05) is 39.0 Å². The summed E-state index contributed by atoms with van der Waals surface area (Å²) in [6.45, 7) is 10.6. The molecule has 0 atom stereocenters. The third-order valence-corrected chi connectivity index (χ3v) is 4.12. The van der Waals surface area contributed by atoms with E-state index >= 15 is 0 Å². The van der Waals surface area contributed by atoms with E-state index < -0.39 is 0 Å². The van der Waals surface area contributed by atoms with E-state index in [2.05, 4.69) is 67.7 Å². The zero-order valence-electron chi connectivity index (χ0n) is 13.9. The molecule has 0 saturated heterocycles. The fraction of sp³-hybridized carbons (Fsp3) is 0.556. The topological polar surface area (TPSA) is 34.2 Å². The summed E-state index contributed by atoms with van der Waals surface area (Å²) in [7, 11) is 2.12. The number of rotatable bonds is 7. The van der Waals surface area contributed by atoms with Crippen LogP contribution in [-0.4, -0.2) is 29.1 Å². The molecule has 0 amide bonds. The van der Waals surface area contributed by atoms with Crippen LogP contribution < -0.4 is 5.73 Å². The predicted molar refractivity (Wildman–Crippen MR) is 91.3 cm³/mol. The molecular weight excluding hydrogens is 258 g/mol. The molecule has 116 valence electrons. The van der Waals surface area contributed by atoms with Gasteiger partial charge >= 0.3 is 0 Å². The highest BCUT2D eigenvalue weighted by atomic mass is 15.1. The Morgan fingerprint density at radius 1 is 1.24 bits per heavy atom. The lowest BCUT2D eigenvalue weighted by molar-refractivity contribution is 0.176. The summed E-state index contributed by atoms with van der Waals surface area (Å²) in [6, 6.07) is 8.64. The molecule has 0 aliphatic heterocycles. The van der Waals surface area contributed by atoms with Crippen LogP contribution in [0.3, 0.4) is 0 Å². The summed E-state index contributed by atoms with van der Waals surface area (Å²) in [5.74, 6) is 0. The normalized spacial score (nSPS) is 12.5. The molecule has 0 spiro atoms. The Hall–Kier alpha value is -1.32. The molecule has 0 aliphatic carbocycles. The highest BCUT2D eigenvalue weighted by molar-refractivity contribution is 5.83. The predicted octanol–water partition coefficient (Wildman–Crippen LogP) is 3.38. The molecule has 1 aromatic heterocycles. The van der Waals surface area contributed by atoms with Crippen LogP contribution >= 0.6 is 0 Å². The Morgan fingerprint density at radius 2 is 1.95 bits per heavy atom. The standard InChI is InChI=1S/C18H29N3/c1-5-10-21(14-18(2,3)13-19)12-15-11-20(4)17-9-7-6-8-16(15)17/h6-9,11H,5,10,12-14,19H2,1-4H3. The van der Waals surface area contributed by atoms with E-state index in [-0.39, 0.29) is 5.41 Å². The van der Waals surface area contributed by atoms with Gasteiger partial charge < -0.3 is 10.3 Å². The molecule has 1 aromatic carbocycles. The molecule has 0 aliphatic rings. The third-order valence-electron chi connectivity index (χ3n) is 4.12. The number of para-hydroxylation sites is 1. The van der Waals surface area contributed by atoms with Crippen LogP contribution in [0, 0.1) is 5.41 Å². The molecule has 0 radical (unpaired) electrons. The van der Waals surface area contributed by atoms with Gasteiger partial charge in [-0.2, -0.15) is 0 Å². The Labute approximate surface area is 128 Å². The highest BCUT2D eigenvalue weighted by Gasteiger charge is 2.20. The van der Waals surface area contributed by atoms with Crippen LogP contribution in [0.5, 0.6) is 0 Å². The molecule has 21 heavy (non-hydrogen) atoms. The zero-order valence-corrected chi connectivity index (χ0v) is 13.9. The number of aryl methyl sites for hydroxylation is 1. The van der Waals surface area contributed by atoms with Gasteiger partial charge in [0.15, 0.2) is 0 Å². The SMILES string of the molecule is CCCN(Cc1cn(C)c2ccccc12)CC(C)(C)CN. The first kappa shape index (κ1) is 16.1. The molecule has 1 heterocycles. The minimum atomic E-state index is 0.166. The fourth-order valence-corrected chi connectivity index (χ4v) is 2.99. The van der Waals surface area contributed by atoms with Gasteiger partial charge in [-0.05, 0) is 36.6 Å². The van der Waals surface area contributed by atoms with E-state index in [1.165, 1.54) is 22.9 Å². The average Bonchev–Trinajstić information content (AvgIpc) is 2.76. The summed E-state index contributed by atoms with van der Waals surface area (Å²) >= 11 is 0. The Balaban J connectivity index is 2.23. The molecule has 2 aromatic rings. The lowest BCUT2D eigenvalue weighted by Gasteiger charge is -2.31. The van der Waals surface area contributed by atoms with Gasteiger partial charge in [-0.25, -0.2) is 0 Å². The molecule has 2 N–H and O–H groups in total. The number of hydrogen-bond donors (Lipinski definition) is 1. The first-order valence-corrected chi connectivity index (χ1v) is 7.92. The van der Waals surface area contributed by atoms with Crippen LogP contribution in [-0.2, 0) is 13.6 Å². The summed E-state index contributed by atoms with van der Waals surface area (Å²) in [5, 5.41) is 1.37. The number of nitrogens with two attached hydrogens (primary N) is 1. The van der Waals surface area contributed by atoms with Crippen molar-refractivity contribution in [3.63, 3.8) is 0 Å². The van der Waals surface area contributed by atoms with Crippen molar-refractivity contribution in [1.82, 2.24) is 9.47 Å². The van der Waals surface area contributed by atoms with E-state index in [4.69, 9.17) is 5.73 Å². The van der Waals surface area contributed by atoms with E-state index in [9.17, 15) is 0 Å². The van der Waals surface area contributed by atoms with E-state index in [1.807, 2.05) is 0 Å². The largest absolute Gasteiger partial charge is 0.350 e. The van der Waals surface area contributed by atoms with Gasteiger partial charge in [0.1, 0.15) is 0 Å². The van der Waals surface area contributed by atoms with Crippen LogP contribution in [0.2, 0.25) is 0 Å². The number of nitrogens with zero attached hydrogens (tertiary/aromatic N) is 2. The van der Waals surface area contributed by atoms with Gasteiger partial charge in [-0.3, -0.25) is 4.90 Å². The lowest BCUT2D eigenvalue weighted by atomic mass is 9.93. The van der Waals surface area contributed by atoms with Gasteiger partial charge in [0.2, 0.25) is 0 Å². The van der Waals surface area contributed by atoms with Gasteiger partial charge in [0.25, 0.3) is 0 Å². The molecule has 0 saturated carbocycles. The number of benzene rings is 1. The van der Waals surface area contributed by atoms with E-state index in [0.29, 0.717) is 0 Å². The molecule has 3 nitrogen and oxygen atoms in total. The highest BCUT2D eigenvalue weighted by Crippen LogP contribution is 2.23. The van der Waals surface area contributed by atoms with Gasteiger partial charge in [-0.15, -0.1) is 0 Å². The van der Waals surface area contributed by atoms with Crippen LogP contribution in [0.1, 0.15) is 32.8 Å². The van der Waals surface area contributed by atoms with Crippen molar-refractivity contribution in [2.75, 3.05) is 19.6 Å². The van der Waals surface area contributed by atoms with E-state index in [0.717, 1.165) is 26.2 Å².